The molecule has 1 amide bonds. The van der Waals surface area contributed by atoms with E-state index in [1.807, 2.05) is 30.0 Å². The Labute approximate surface area is 155 Å². The zero-order chi connectivity index (χ0) is 17.6. The number of nitrogens with one attached hydrogen (secondary N) is 1. The molecule has 25 heavy (non-hydrogen) atoms. The predicted molar refractivity (Wildman–Crippen MR) is 103 cm³/mol. The van der Waals surface area contributed by atoms with Crippen molar-refractivity contribution in [3.8, 4) is 5.75 Å². The van der Waals surface area contributed by atoms with Crippen LogP contribution in [0, 0.1) is 0 Å². The van der Waals surface area contributed by atoms with Gasteiger partial charge in [-0.05, 0) is 30.3 Å². The van der Waals surface area contributed by atoms with Crippen molar-refractivity contribution >= 4 is 45.9 Å². The van der Waals surface area contributed by atoms with Crippen LogP contribution in [0.15, 0.2) is 47.4 Å². The molecule has 1 aromatic heterocycles. The first-order valence-corrected chi connectivity index (χ1v) is 9.26. The third kappa shape index (κ3) is 2.87. The molecule has 3 aromatic rings. The lowest BCUT2D eigenvalue weighted by Gasteiger charge is -2.22. The molecular formula is C19H17ClN2O2S. The second-order valence-electron chi connectivity index (χ2n) is 6.06. The van der Waals surface area contributed by atoms with Crippen LogP contribution in [0.3, 0.4) is 0 Å². The summed E-state index contributed by atoms with van der Waals surface area (Å²) in [6.45, 7) is 2.98. The second-order valence-corrected chi connectivity index (χ2v) is 7.98. The standard InChI is InChI=1S/C19H17ClN2O2S/c1-11-10-22-15(8-12-4-3-5-17(25-11)18(12)22)19(23)21-14-9-13(20)6-7-16(14)24-2/h3-9,11H,10H2,1-2H3,(H,21,23)/t11-/m1/s1. The normalized spacial score (nSPS) is 16.0. The fraction of sp³-hybridized carbons (Fsp3) is 0.211. The van der Waals surface area contributed by atoms with Gasteiger partial charge in [0.15, 0.2) is 0 Å². The van der Waals surface area contributed by atoms with Crippen molar-refractivity contribution in [2.75, 3.05) is 12.4 Å². The van der Waals surface area contributed by atoms with Gasteiger partial charge in [0.25, 0.3) is 5.91 Å². The van der Waals surface area contributed by atoms with E-state index < -0.39 is 0 Å². The van der Waals surface area contributed by atoms with E-state index in [0.29, 0.717) is 27.4 Å². The Morgan fingerprint density at radius 1 is 1.32 bits per heavy atom. The maximum Gasteiger partial charge on any atom is 0.272 e. The maximum absolute atomic E-state index is 12.9. The third-order valence-corrected chi connectivity index (χ3v) is 5.66. The molecule has 4 nitrogen and oxygen atoms in total. The first kappa shape index (κ1) is 16.4. The molecule has 0 saturated carbocycles. The number of para-hydroxylation sites is 1. The third-order valence-electron chi connectivity index (χ3n) is 4.29. The Bertz CT molecular complexity index is 983. The van der Waals surface area contributed by atoms with Crippen molar-refractivity contribution in [1.29, 1.82) is 0 Å². The van der Waals surface area contributed by atoms with E-state index in [0.717, 1.165) is 17.4 Å². The Hall–Kier alpha value is -2.11. The highest BCUT2D eigenvalue weighted by atomic mass is 35.5. The minimum Gasteiger partial charge on any atom is -0.495 e. The molecule has 128 valence electrons. The summed E-state index contributed by atoms with van der Waals surface area (Å²) in [4.78, 5) is 14.2. The lowest BCUT2D eigenvalue weighted by molar-refractivity contribution is 0.101. The van der Waals surface area contributed by atoms with E-state index in [1.165, 1.54) is 4.90 Å². The minimum absolute atomic E-state index is 0.165. The van der Waals surface area contributed by atoms with E-state index >= 15 is 0 Å². The summed E-state index contributed by atoms with van der Waals surface area (Å²) in [5, 5.41) is 4.98. The molecule has 1 N–H and O–H groups in total. The van der Waals surface area contributed by atoms with Crippen LogP contribution in [0.5, 0.6) is 5.75 Å². The molecule has 2 aromatic carbocycles. The Morgan fingerprint density at radius 3 is 2.96 bits per heavy atom. The Morgan fingerprint density at radius 2 is 2.16 bits per heavy atom. The largest absolute Gasteiger partial charge is 0.495 e. The van der Waals surface area contributed by atoms with Crippen LogP contribution in [0.25, 0.3) is 10.9 Å². The summed E-state index contributed by atoms with van der Waals surface area (Å²) >= 11 is 7.91. The molecule has 0 bridgehead atoms. The van der Waals surface area contributed by atoms with Gasteiger partial charge in [-0.15, -0.1) is 11.8 Å². The Balaban J connectivity index is 1.76. The SMILES string of the molecule is COc1ccc(Cl)cc1NC(=O)c1cc2cccc3c2n1C[C@@H](C)S3. The molecular weight excluding hydrogens is 356 g/mol. The molecule has 0 fully saturated rings. The lowest BCUT2D eigenvalue weighted by Crippen LogP contribution is -2.22. The van der Waals surface area contributed by atoms with E-state index in [4.69, 9.17) is 16.3 Å². The number of methoxy groups -OCH3 is 1. The summed E-state index contributed by atoms with van der Waals surface area (Å²) in [6, 6.07) is 13.3. The number of anilines is 1. The summed E-state index contributed by atoms with van der Waals surface area (Å²) in [7, 11) is 1.57. The molecule has 0 saturated heterocycles. The number of ether oxygens (including phenoxy) is 1. The summed E-state index contributed by atoms with van der Waals surface area (Å²) < 4.78 is 7.43. The van der Waals surface area contributed by atoms with Gasteiger partial charge in [-0.2, -0.15) is 0 Å². The fourth-order valence-electron chi connectivity index (χ4n) is 3.24. The molecule has 0 unspecified atom stereocenters. The van der Waals surface area contributed by atoms with Crippen molar-refractivity contribution in [3.63, 3.8) is 0 Å². The smallest absolute Gasteiger partial charge is 0.272 e. The summed E-state index contributed by atoms with van der Waals surface area (Å²) in [5.41, 5.74) is 2.35. The van der Waals surface area contributed by atoms with Gasteiger partial charge < -0.3 is 14.6 Å². The topological polar surface area (TPSA) is 43.3 Å². The van der Waals surface area contributed by atoms with E-state index in [1.54, 1.807) is 25.3 Å². The van der Waals surface area contributed by atoms with E-state index in [-0.39, 0.29) is 5.91 Å². The van der Waals surface area contributed by atoms with Gasteiger partial charge in [-0.1, -0.05) is 30.7 Å². The average Bonchev–Trinajstić information content (AvgIpc) is 2.95. The van der Waals surface area contributed by atoms with Crippen LogP contribution < -0.4 is 10.1 Å². The van der Waals surface area contributed by atoms with Crippen molar-refractivity contribution in [1.82, 2.24) is 4.57 Å². The van der Waals surface area contributed by atoms with Crippen LogP contribution in [0.1, 0.15) is 17.4 Å². The molecule has 1 aliphatic heterocycles. The van der Waals surface area contributed by atoms with Crippen LogP contribution in [-0.4, -0.2) is 22.8 Å². The molecule has 4 rings (SSSR count). The predicted octanol–water partition coefficient (Wildman–Crippen LogP) is 5.05. The van der Waals surface area contributed by atoms with E-state index in [2.05, 4.69) is 22.9 Å². The maximum atomic E-state index is 12.9. The van der Waals surface area contributed by atoms with E-state index in [9.17, 15) is 4.79 Å². The van der Waals surface area contributed by atoms with Gasteiger partial charge >= 0.3 is 0 Å². The van der Waals surface area contributed by atoms with Crippen LogP contribution in [0.2, 0.25) is 5.02 Å². The Kier molecular flexibility index (Phi) is 4.13. The molecule has 0 radical (unpaired) electrons. The number of benzene rings is 2. The lowest BCUT2D eigenvalue weighted by atomic mass is 10.2. The molecule has 2 heterocycles. The van der Waals surface area contributed by atoms with Crippen molar-refractivity contribution in [2.24, 2.45) is 0 Å². The molecule has 6 heteroatoms. The number of carbonyl (C=O) groups excluding carboxylic acids is 1. The number of hydrogen-bond donors (Lipinski definition) is 1. The number of hydrogen-bond acceptors (Lipinski definition) is 3. The van der Waals surface area contributed by atoms with Gasteiger partial charge in [-0.25, -0.2) is 0 Å². The van der Waals surface area contributed by atoms with Crippen molar-refractivity contribution in [2.45, 2.75) is 23.6 Å². The zero-order valence-electron chi connectivity index (χ0n) is 13.9. The van der Waals surface area contributed by atoms with Crippen molar-refractivity contribution in [3.05, 3.63) is 53.2 Å². The summed E-state index contributed by atoms with van der Waals surface area (Å²) in [5.74, 6) is 0.416. The van der Waals surface area contributed by atoms with Crippen LogP contribution in [-0.2, 0) is 6.54 Å². The number of halogens is 1. The highest BCUT2D eigenvalue weighted by molar-refractivity contribution is 8.00. The first-order chi connectivity index (χ1) is 12.1. The quantitative estimate of drug-likeness (QED) is 0.699. The molecule has 0 spiro atoms. The number of carbonyl (C=O) groups is 1. The average molecular weight is 373 g/mol. The molecule has 0 aliphatic carbocycles. The van der Waals surface area contributed by atoms with Gasteiger partial charge in [0.2, 0.25) is 0 Å². The fourth-order valence-corrected chi connectivity index (χ4v) is 4.56. The number of amides is 1. The van der Waals surface area contributed by atoms with Crippen LogP contribution in [0.4, 0.5) is 5.69 Å². The highest BCUT2D eigenvalue weighted by Gasteiger charge is 2.24. The number of rotatable bonds is 3. The van der Waals surface area contributed by atoms with Crippen LogP contribution >= 0.6 is 23.4 Å². The molecule has 1 atom stereocenters. The van der Waals surface area contributed by atoms with Crippen molar-refractivity contribution < 1.29 is 9.53 Å². The zero-order valence-corrected chi connectivity index (χ0v) is 15.4. The molecule has 1 aliphatic rings. The van der Waals surface area contributed by atoms with Gasteiger partial charge in [0.1, 0.15) is 11.4 Å². The number of nitrogens with zero attached hydrogens (tertiary/aromatic N) is 1. The first-order valence-electron chi connectivity index (χ1n) is 8.00. The number of thioether (sulfide) groups is 1. The van der Waals surface area contributed by atoms with Gasteiger partial charge in [-0.3, -0.25) is 4.79 Å². The minimum atomic E-state index is -0.165. The number of aromatic nitrogens is 1. The second kappa shape index (κ2) is 6.32. The highest BCUT2D eigenvalue weighted by Crippen LogP contribution is 2.38. The monoisotopic (exact) mass is 372 g/mol. The summed E-state index contributed by atoms with van der Waals surface area (Å²) in [6.07, 6.45) is 0. The van der Waals surface area contributed by atoms with Gasteiger partial charge in [0.05, 0.1) is 18.3 Å². The van der Waals surface area contributed by atoms with Gasteiger partial charge in [0, 0.05) is 27.1 Å².